The van der Waals surface area contributed by atoms with Gasteiger partial charge in [0.2, 0.25) is 11.8 Å². The number of hydrogen-bond donors (Lipinski definition) is 1. The van der Waals surface area contributed by atoms with Gasteiger partial charge in [-0.05, 0) is 62.1 Å². The number of nitrogens with one attached hydrogen (secondary N) is 1. The molecule has 1 aliphatic carbocycles. The summed E-state index contributed by atoms with van der Waals surface area (Å²) in [5.74, 6) is -0.733. The molecule has 3 aromatic carbocycles. The zero-order valence-electron chi connectivity index (χ0n) is 23.9. The molecule has 1 saturated carbocycles. The molecule has 7 nitrogen and oxygen atoms in total. The van der Waals surface area contributed by atoms with E-state index < -0.39 is 28.5 Å². The minimum absolute atomic E-state index is 0.0241. The molecule has 10 heteroatoms. The maximum absolute atomic E-state index is 14.2. The summed E-state index contributed by atoms with van der Waals surface area (Å²) in [6.07, 6.45) is 5.47. The Balaban J connectivity index is 1.71. The molecule has 2 amide bonds. The van der Waals surface area contributed by atoms with Crippen molar-refractivity contribution in [1.82, 2.24) is 10.2 Å². The minimum atomic E-state index is -4.18. The molecule has 0 bridgehead atoms. The Morgan fingerprint density at radius 3 is 2.21 bits per heavy atom. The molecule has 3 aromatic rings. The third-order valence-electron chi connectivity index (χ3n) is 7.61. The van der Waals surface area contributed by atoms with E-state index in [4.69, 9.17) is 23.2 Å². The van der Waals surface area contributed by atoms with E-state index in [0.29, 0.717) is 6.42 Å². The number of rotatable bonds is 11. The van der Waals surface area contributed by atoms with Crippen molar-refractivity contribution >= 4 is 50.7 Å². The fourth-order valence-corrected chi connectivity index (χ4v) is 6.96. The average Bonchev–Trinajstić information content (AvgIpc) is 2.99. The lowest BCUT2D eigenvalue weighted by atomic mass is 9.95. The van der Waals surface area contributed by atoms with Gasteiger partial charge < -0.3 is 10.2 Å². The molecule has 0 heterocycles. The summed E-state index contributed by atoms with van der Waals surface area (Å²) in [7, 11) is -4.18. The summed E-state index contributed by atoms with van der Waals surface area (Å²) in [5, 5.41) is 3.57. The van der Waals surface area contributed by atoms with Crippen molar-refractivity contribution in [3.8, 4) is 0 Å². The summed E-state index contributed by atoms with van der Waals surface area (Å²) in [6, 6.07) is 19.3. The molecular formula is C32H37Cl2N3O4S. The van der Waals surface area contributed by atoms with E-state index in [2.05, 4.69) is 5.32 Å². The third kappa shape index (κ3) is 7.85. The van der Waals surface area contributed by atoms with Crippen LogP contribution in [0.1, 0.15) is 56.6 Å². The number of carbonyl (C=O) groups excluding carboxylic acids is 2. The van der Waals surface area contributed by atoms with E-state index in [-0.39, 0.29) is 39.1 Å². The van der Waals surface area contributed by atoms with Crippen LogP contribution in [0.2, 0.25) is 10.0 Å². The maximum atomic E-state index is 14.2. The Labute approximate surface area is 258 Å². The lowest BCUT2D eigenvalue weighted by Gasteiger charge is -2.34. The van der Waals surface area contributed by atoms with Crippen molar-refractivity contribution in [2.24, 2.45) is 0 Å². The van der Waals surface area contributed by atoms with Crippen molar-refractivity contribution in [3.63, 3.8) is 0 Å². The maximum Gasteiger partial charge on any atom is 0.264 e. The van der Waals surface area contributed by atoms with Gasteiger partial charge in [0, 0.05) is 12.6 Å². The lowest BCUT2D eigenvalue weighted by Crippen LogP contribution is -2.54. The first-order chi connectivity index (χ1) is 20.1. The molecule has 1 N–H and O–H groups in total. The number of carbonyl (C=O) groups is 2. The number of benzene rings is 3. The Morgan fingerprint density at radius 1 is 0.929 bits per heavy atom. The van der Waals surface area contributed by atoms with Gasteiger partial charge in [-0.15, -0.1) is 0 Å². The lowest BCUT2D eigenvalue weighted by molar-refractivity contribution is -0.140. The highest BCUT2D eigenvalue weighted by atomic mass is 35.5. The smallest absolute Gasteiger partial charge is 0.264 e. The SMILES string of the molecule is CC[C@@H](C(=O)NC1CCCCC1)N(Cc1ccc(C)cc1)C(=O)CN(c1ccc(Cl)c(Cl)c1)S(=O)(=O)c1ccccc1. The fourth-order valence-electron chi connectivity index (χ4n) is 5.24. The van der Waals surface area contributed by atoms with Gasteiger partial charge in [-0.3, -0.25) is 13.9 Å². The van der Waals surface area contributed by atoms with Gasteiger partial charge in [0.05, 0.1) is 20.6 Å². The van der Waals surface area contributed by atoms with E-state index in [1.54, 1.807) is 18.2 Å². The molecule has 4 rings (SSSR count). The van der Waals surface area contributed by atoms with Gasteiger partial charge >= 0.3 is 0 Å². The van der Waals surface area contributed by atoms with Crippen molar-refractivity contribution in [3.05, 3.63) is 94.0 Å². The first-order valence-electron chi connectivity index (χ1n) is 14.3. The zero-order valence-corrected chi connectivity index (χ0v) is 26.3. The van der Waals surface area contributed by atoms with Crippen LogP contribution in [0.25, 0.3) is 0 Å². The Hall–Kier alpha value is -3.07. The first-order valence-corrected chi connectivity index (χ1v) is 16.5. The van der Waals surface area contributed by atoms with Crippen LogP contribution in [-0.2, 0) is 26.2 Å². The van der Waals surface area contributed by atoms with Crippen LogP contribution >= 0.6 is 23.2 Å². The largest absolute Gasteiger partial charge is 0.352 e. The molecule has 0 unspecified atom stereocenters. The molecule has 1 aliphatic rings. The highest BCUT2D eigenvalue weighted by Gasteiger charge is 2.34. The average molecular weight is 631 g/mol. The fraction of sp³-hybridized carbons (Fsp3) is 0.375. The molecule has 42 heavy (non-hydrogen) atoms. The second-order valence-corrected chi connectivity index (χ2v) is 13.4. The molecule has 0 aliphatic heterocycles. The minimum Gasteiger partial charge on any atom is -0.352 e. The number of halogens is 2. The molecule has 0 aromatic heterocycles. The summed E-state index contributed by atoms with van der Waals surface area (Å²) < 4.78 is 28.9. The molecular weight excluding hydrogens is 593 g/mol. The molecule has 224 valence electrons. The highest BCUT2D eigenvalue weighted by molar-refractivity contribution is 7.92. The molecule has 0 radical (unpaired) electrons. The van der Waals surface area contributed by atoms with Gasteiger partial charge in [-0.25, -0.2) is 8.42 Å². The molecule has 0 saturated heterocycles. The summed E-state index contributed by atoms with van der Waals surface area (Å²) in [4.78, 5) is 29.3. The number of sulfonamides is 1. The van der Waals surface area contributed by atoms with Crippen LogP contribution in [0, 0.1) is 6.92 Å². The van der Waals surface area contributed by atoms with Crippen molar-refractivity contribution in [1.29, 1.82) is 0 Å². The van der Waals surface area contributed by atoms with Gasteiger partial charge in [0.15, 0.2) is 0 Å². The van der Waals surface area contributed by atoms with Crippen LogP contribution in [0.4, 0.5) is 5.69 Å². The summed E-state index contributed by atoms with van der Waals surface area (Å²) in [5.41, 5.74) is 2.10. The zero-order chi connectivity index (χ0) is 30.3. The number of anilines is 1. The summed E-state index contributed by atoms with van der Waals surface area (Å²) in [6.45, 7) is 3.45. The summed E-state index contributed by atoms with van der Waals surface area (Å²) >= 11 is 12.4. The standard InChI is InChI=1S/C32H37Cl2N3O4S/c1-3-30(32(39)35-25-10-6-4-7-11-25)36(21-24-16-14-23(2)15-17-24)31(38)22-37(26-18-19-28(33)29(34)20-26)42(40,41)27-12-8-5-9-13-27/h5,8-9,12-20,25,30H,3-4,6-7,10-11,21-22H2,1-2H3,(H,35,39)/t30-/m0/s1. The van der Waals surface area contributed by atoms with Crippen molar-refractivity contribution < 1.29 is 18.0 Å². The van der Waals surface area contributed by atoms with E-state index in [0.717, 1.165) is 47.5 Å². The van der Waals surface area contributed by atoms with Crippen LogP contribution in [0.3, 0.4) is 0 Å². The molecule has 1 fully saturated rings. The van der Waals surface area contributed by atoms with Gasteiger partial charge in [-0.1, -0.05) is 97.4 Å². The van der Waals surface area contributed by atoms with E-state index in [9.17, 15) is 18.0 Å². The first kappa shape index (κ1) is 31.9. The Kier molecular flexibility index (Phi) is 10.9. The topological polar surface area (TPSA) is 86.8 Å². The van der Waals surface area contributed by atoms with Crippen molar-refractivity contribution in [2.45, 2.75) is 75.9 Å². The van der Waals surface area contributed by atoms with Crippen LogP contribution in [0.5, 0.6) is 0 Å². The van der Waals surface area contributed by atoms with E-state index in [1.807, 2.05) is 38.1 Å². The van der Waals surface area contributed by atoms with Gasteiger partial charge in [0.1, 0.15) is 12.6 Å². The third-order valence-corrected chi connectivity index (χ3v) is 10.1. The number of nitrogens with zero attached hydrogens (tertiary/aromatic N) is 2. The second kappa shape index (κ2) is 14.4. The Bertz CT molecular complexity index is 1480. The predicted molar refractivity (Wildman–Crippen MR) is 168 cm³/mol. The van der Waals surface area contributed by atoms with Crippen LogP contribution in [0.15, 0.2) is 77.7 Å². The number of aryl methyl sites for hydroxylation is 1. The predicted octanol–water partition coefficient (Wildman–Crippen LogP) is 6.75. The number of amides is 2. The normalized spacial score (nSPS) is 14.7. The van der Waals surface area contributed by atoms with Crippen LogP contribution < -0.4 is 9.62 Å². The van der Waals surface area contributed by atoms with E-state index >= 15 is 0 Å². The molecule has 1 atom stereocenters. The van der Waals surface area contributed by atoms with E-state index in [1.165, 1.54) is 35.2 Å². The highest BCUT2D eigenvalue weighted by Crippen LogP contribution is 2.31. The van der Waals surface area contributed by atoms with Crippen LogP contribution in [-0.4, -0.2) is 43.8 Å². The number of hydrogen-bond acceptors (Lipinski definition) is 4. The second-order valence-electron chi connectivity index (χ2n) is 10.7. The monoisotopic (exact) mass is 629 g/mol. The quantitative estimate of drug-likeness (QED) is 0.254. The Morgan fingerprint density at radius 2 is 1.60 bits per heavy atom. The van der Waals surface area contributed by atoms with Gasteiger partial charge in [-0.2, -0.15) is 0 Å². The van der Waals surface area contributed by atoms with Gasteiger partial charge in [0.25, 0.3) is 10.0 Å². The molecule has 0 spiro atoms. The van der Waals surface area contributed by atoms with Crippen molar-refractivity contribution in [2.75, 3.05) is 10.8 Å².